The number of hydrogen-bond donors (Lipinski definition) is 2. The van der Waals surface area contributed by atoms with E-state index in [0.717, 1.165) is 12.1 Å². The summed E-state index contributed by atoms with van der Waals surface area (Å²) in [6.07, 6.45) is 2.37. The van der Waals surface area contributed by atoms with Crippen LogP contribution in [0.25, 0.3) is 0 Å². The van der Waals surface area contributed by atoms with Crippen molar-refractivity contribution in [3.63, 3.8) is 0 Å². The quantitative estimate of drug-likeness (QED) is 0.373. The molecule has 0 saturated carbocycles. The Morgan fingerprint density at radius 2 is 2.12 bits per heavy atom. The van der Waals surface area contributed by atoms with Crippen molar-refractivity contribution in [3.05, 3.63) is 47.3 Å². The van der Waals surface area contributed by atoms with Crippen LogP contribution in [-0.4, -0.2) is 30.8 Å². The van der Waals surface area contributed by atoms with E-state index in [1.807, 2.05) is 24.3 Å². The van der Waals surface area contributed by atoms with Crippen LogP contribution in [0.3, 0.4) is 0 Å². The topological polar surface area (TPSA) is 71.7 Å². The highest BCUT2D eigenvalue weighted by Crippen LogP contribution is 2.24. The predicted molar refractivity (Wildman–Crippen MR) is 106 cm³/mol. The molecule has 1 atom stereocenters. The zero-order valence-electron chi connectivity index (χ0n) is 13.7. The third kappa shape index (κ3) is 6.56. The van der Waals surface area contributed by atoms with Gasteiger partial charge in [-0.1, -0.05) is 35.8 Å². The number of ether oxygens (including phenoxy) is 1. The van der Waals surface area contributed by atoms with Crippen molar-refractivity contribution in [1.82, 2.24) is 15.8 Å². The van der Waals surface area contributed by atoms with Gasteiger partial charge in [-0.25, -0.2) is 0 Å². The fourth-order valence-electron chi connectivity index (χ4n) is 1.92. The van der Waals surface area contributed by atoms with Crippen LogP contribution < -0.4 is 15.4 Å². The van der Waals surface area contributed by atoms with Crippen LogP contribution in [0.15, 0.2) is 46.1 Å². The van der Waals surface area contributed by atoms with Gasteiger partial charge in [0.2, 0.25) is 0 Å². The van der Waals surface area contributed by atoms with E-state index < -0.39 is 0 Å². The third-order valence-corrected chi connectivity index (χ3v) is 3.55. The molecule has 6 nitrogen and oxygen atoms in total. The molecule has 2 aromatic rings. The van der Waals surface area contributed by atoms with Crippen LogP contribution in [0, 0.1) is 0 Å². The Morgan fingerprint density at radius 3 is 2.75 bits per heavy atom. The second-order valence-corrected chi connectivity index (χ2v) is 5.28. The van der Waals surface area contributed by atoms with Crippen molar-refractivity contribution in [2.24, 2.45) is 4.99 Å². The average Bonchev–Trinajstić information content (AvgIpc) is 3.09. The van der Waals surface area contributed by atoms with Gasteiger partial charge in [-0.15, -0.1) is 24.0 Å². The van der Waals surface area contributed by atoms with E-state index in [1.54, 1.807) is 13.1 Å². The van der Waals surface area contributed by atoms with Crippen LogP contribution >= 0.6 is 35.6 Å². The zero-order valence-corrected chi connectivity index (χ0v) is 16.7. The molecule has 0 saturated heterocycles. The molecule has 2 N–H and O–H groups in total. The molecule has 0 radical (unpaired) electrons. The van der Waals surface area contributed by atoms with Crippen LogP contribution in [-0.2, 0) is 6.54 Å². The van der Waals surface area contributed by atoms with E-state index in [4.69, 9.17) is 20.9 Å². The molecule has 0 aliphatic rings. The normalized spacial score (nSPS) is 12.2. The highest BCUT2D eigenvalue weighted by Gasteiger charge is 2.11. The summed E-state index contributed by atoms with van der Waals surface area (Å²) in [5.41, 5.74) is 0.812. The molecule has 0 bridgehead atoms. The Hall–Kier alpha value is -1.48. The van der Waals surface area contributed by atoms with Gasteiger partial charge in [0.1, 0.15) is 23.8 Å². The Bertz CT molecular complexity index is 622. The second-order valence-electron chi connectivity index (χ2n) is 4.88. The van der Waals surface area contributed by atoms with Crippen molar-refractivity contribution in [3.8, 4) is 5.75 Å². The van der Waals surface area contributed by atoms with Crippen LogP contribution in [0.4, 0.5) is 0 Å². The summed E-state index contributed by atoms with van der Waals surface area (Å²) in [6.45, 7) is 3.22. The number of guanidine groups is 1. The van der Waals surface area contributed by atoms with E-state index in [0.29, 0.717) is 29.8 Å². The van der Waals surface area contributed by atoms with Crippen molar-refractivity contribution < 1.29 is 9.26 Å². The third-order valence-electron chi connectivity index (χ3n) is 3.23. The zero-order chi connectivity index (χ0) is 16.5. The van der Waals surface area contributed by atoms with Gasteiger partial charge in [0.25, 0.3) is 0 Å². The molecule has 8 heteroatoms. The van der Waals surface area contributed by atoms with Crippen LogP contribution in [0.1, 0.15) is 19.0 Å². The van der Waals surface area contributed by atoms with Gasteiger partial charge in [-0.2, -0.15) is 0 Å². The molecule has 2 rings (SSSR count). The Balaban J connectivity index is 0.00000288. The van der Waals surface area contributed by atoms with Crippen molar-refractivity contribution in [2.45, 2.75) is 26.0 Å². The maximum absolute atomic E-state index is 6.12. The fourth-order valence-corrected chi connectivity index (χ4v) is 2.10. The predicted octanol–water partition coefficient (Wildman–Crippen LogP) is 3.47. The SMILES string of the molecule is CCC(CNC(=NC)NCc1ccon1)Oc1ccccc1Cl.I. The van der Waals surface area contributed by atoms with Gasteiger partial charge in [0.15, 0.2) is 5.96 Å². The first-order valence-corrected chi connectivity index (χ1v) is 7.85. The van der Waals surface area contributed by atoms with Crippen molar-refractivity contribution in [2.75, 3.05) is 13.6 Å². The number of rotatable bonds is 7. The second kappa shape index (κ2) is 11.1. The minimum atomic E-state index is -0.0134. The minimum absolute atomic E-state index is 0. The molecule has 0 fully saturated rings. The summed E-state index contributed by atoms with van der Waals surface area (Å²) < 4.78 is 10.7. The average molecular weight is 465 g/mol. The first-order valence-electron chi connectivity index (χ1n) is 7.48. The molecule has 1 unspecified atom stereocenters. The molecule has 132 valence electrons. The molecule has 24 heavy (non-hydrogen) atoms. The number of para-hydroxylation sites is 1. The van der Waals surface area contributed by atoms with Gasteiger partial charge in [-0.05, 0) is 18.6 Å². The van der Waals surface area contributed by atoms with Gasteiger partial charge in [-0.3, -0.25) is 4.99 Å². The van der Waals surface area contributed by atoms with E-state index in [2.05, 4.69) is 27.7 Å². The highest BCUT2D eigenvalue weighted by atomic mass is 127. The first kappa shape index (κ1) is 20.6. The number of hydrogen-bond acceptors (Lipinski definition) is 4. The molecular formula is C16H22ClIN4O2. The Labute approximate surface area is 164 Å². The minimum Gasteiger partial charge on any atom is -0.487 e. The summed E-state index contributed by atoms with van der Waals surface area (Å²) in [5, 5.41) is 10.8. The van der Waals surface area contributed by atoms with E-state index >= 15 is 0 Å². The lowest BCUT2D eigenvalue weighted by molar-refractivity contribution is 0.199. The molecule has 0 aliphatic heterocycles. The summed E-state index contributed by atoms with van der Waals surface area (Å²) in [6, 6.07) is 9.26. The summed E-state index contributed by atoms with van der Waals surface area (Å²) in [5.74, 6) is 1.36. The number of benzene rings is 1. The maximum Gasteiger partial charge on any atom is 0.191 e. The first-order chi connectivity index (χ1) is 11.2. The summed E-state index contributed by atoms with van der Waals surface area (Å²) >= 11 is 6.12. The summed E-state index contributed by atoms with van der Waals surface area (Å²) in [4.78, 5) is 4.17. The fraction of sp³-hybridized carbons (Fsp3) is 0.375. The van der Waals surface area contributed by atoms with E-state index in [9.17, 15) is 0 Å². The van der Waals surface area contributed by atoms with E-state index in [-0.39, 0.29) is 30.1 Å². The van der Waals surface area contributed by atoms with Crippen LogP contribution in [0.2, 0.25) is 5.02 Å². The largest absolute Gasteiger partial charge is 0.487 e. The standard InChI is InChI=1S/C16H21ClN4O2.HI/c1-3-13(23-15-7-5-4-6-14(15)17)11-20-16(18-2)19-10-12-8-9-22-21-12;/h4-9,13H,3,10-11H2,1-2H3,(H2,18,19,20);1H. The van der Waals surface area contributed by atoms with Crippen molar-refractivity contribution >= 4 is 41.5 Å². The number of aliphatic imine (C=N–C) groups is 1. The monoisotopic (exact) mass is 464 g/mol. The van der Waals surface area contributed by atoms with Gasteiger partial charge >= 0.3 is 0 Å². The number of nitrogens with one attached hydrogen (secondary N) is 2. The Kier molecular flexibility index (Phi) is 9.55. The number of halogens is 2. The van der Waals surface area contributed by atoms with Crippen LogP contribution in [0.5, 0.6) is 5.75 Å². The van der Waals surface area contributed by atoms with Gasteiger partial charge in [0.05, 0.1) is 18.1 Å². The van der Waals surface area contributed by atoms with E-state index in [1.165, 1.54) is 6.26 Å². The molecule has 0 aliphatic carbocycles. The number of aromatic nitrogens is 1. The molecular weight excluding hydrogens is 443 g/mol. The maximum atomic E-state index is 6.12. The molecule has 0 amide bonds. The summed E-state index contributed by atoms with van der Waals surface area (Å²) in [7, 11) is 1.72. The molecule has 1 aromatic carbocycles. The Morgan fingerprint density at radius 1 is 1.33 bits per heavy atom. The van der Waals surface area contributed by atoms with Gasteiger partial charge in [0, 0.05) is 13.1 Å². The molecule has 1 aromatic heterocycles. The molecule has 0 spiro atoms. The van der Waals surface area contributed by atoms with Gasteiger partial charge < -0.3 is 19.9 Å². The lowest BCUT2D eigenvalue weighted by Crippen LogP contribution is -2.42. The lowest BCUT2D eigenvalue weighted by atomic mass is 10.2. The van der Waals surface area contributed by atoms with Crippen molar-refractivity contribution in [1.29, 1.82) is 0 Å². The highest BCUT2D eigenvalue weighted by molar-refractivity contribution is 14.0. The smallest absolute Gasteiger partial charge is 0.191 e. The molecule has 1 heterocycles. The number of nitrogens with zero attached hydrogens (tertiary/aromatic N) is 2. The lowest BCUT2D eigenvalue weighted by Gasteiger charge is -2.20.